The summed E-state index contributed by atoms with van der Waals surface area (Å²) < 4.78 is 5.34. The number of hydrogen-bond donors (Lipinski definition) is 2. The molecular weight excluding hydrogens is 240 g/mol. The predicted octanol–water partition coefficient (Wildman–Crippen LogP) is 1.03. The largest absolute Gasteiger partial charge is 0.378 e. The molecule has 4 nitrogen and oxygen atoms in total. The Balaban J connectivity index is 1.66. The van der Waals surface area contributed by atoms with Gasteiger partial charge in [-0.25, -0.2) is 0 Å². The van der Waals surface area contributed by atoms with Crippen LogP contribution in [0.1, 0.15) is 17.5 Å². The molecule has 1 saturated heterocycles. The molecule has 1 amide bonds. The first-order chi connectivity index (χ1) is 9.24. The molecule has 1 aromatic carbocycles. The van der Waals surface area contributed by atoms with E-state index in [9.17, 15) is 4.79 Å². The molecule has 0 radical (unpaired) electrons. The zero-order valence-corrected chi connectivity index (χ0v) is 11.4. The number of carbonyl (C=O) groups excluding carboxylic acids is 1. The van der Waals surface area contributed by atoms with Gasteiger partial charge in [-0.2, -0.15) is 0 Å². The van der Waals surface area contributed by atoms with Gasteiger partial charge in [0.05, 0.1) is 13.2 Å². The first-order valence-corrected chi connectivity index (χ1v) is 6.87. The van der Waals surface area contributed by atoms with Gasteiger partial charge in [-0.15, -0.1) is 0 Å². The first-order valence-electron chi connectivity index (χ1n) is 6.87. The molecule has 1 atom stereocenters. The Kier molecular flexibility index (Phi) is 5.36. The number of amides is 1. The maximum absolute atomic E-state index is 11.8. The number of benzene rings is 1. The van der Waals surface area contributed by atoms with E-state index in [4.69, 9.17) is 4.74 Å². The van der Waals surface area contributed by atoms with Crippen molar-refractivity contribution in [3.63, 3.8) is 0 Å². The molecule has 2 N–H and O–H groups in total. The van der Waals surface area contributed by atoms with Gasteiger partial charge in [-0.05, 0) is 18.9 Å². The van der Waals surface area contributed by atoms with Crippen molar-refractivity contribution in [2.24, 2.45) is 0 Å². The molecule has 1 fully saturated rings. The van der Waals surface area contributed by atoms with Crippen LogP contribution in [0.5, 0.6) is 0 Å². The van der Waals surface area contributed by atoms with Crippen LogP contribution in [0.3, 0.4) is 0 Å². The Morgan fingerprint density at radius 3 is 3.16 bits per heavy atom. The number of rotatable bonds is 5. The minimum Gasteiger partial charge on any atom is -0.378 e. The third-order valence-corrected chi connectivity index (χ3v) is 3.27. The summed E-state index contributed by atoms with van der Waals surface area (Å²) in [7, 11) is 0. The summed E-state index contributed by atoms with van der Waals surface area (Å²) in [6.07, 6.45) is 1.33. The molecule has 19 heavy (non-hydrogen) atoms. The topological polar surface area (TPSA) is 50.4 Å². The third-order valence-electron chi connectivity index (χ3n) is 3.27. The number of carbonyl (C=O) groups is 1. The Hall–Kier alpha value is -1.39. The summed E-state index contributed by atoms with van der Waals surface area (Å²) in [6, 6.07) is 8.54. The molecule has 4 heteroatoms. The number of aryl methyl sites for hydroxylation is 2. The highest BCUT2D eigenvalue weighted by Gasteiger charge is 2.13. The van der Waals surface area contributed by atoms with Crippen molar-refractivity contribution in [2.45, 2.75) is 25.8 Å². The van der Waals surface area contributed by atoms with E-state index in [-0.39, 0.29) is 11.9 Å². The van der Waals surface area contributed by atoms with E-state index >= 15 is 0 Å². The minimum atomic E-state index is 0.105. The second kappa shape index (κ2) is 7.26. The Labute approximate surface area is 114 Å². The standard InChI is InChI=1S/C15H22N2O2/c1-12-3-2-4-13(9-12)5-6-15(18)17-10-14-11-19-8-7-16-14/h2-4,9,14,16H,5-8,10-11H2,1H3,(H,17,18). The molecular formula is C15H22N2O2. The molecule has 2 rings (SSSR count). The van der Waals surface area contributed by atoms with Crippen LogP contribution in [0.4, 0.5) is 0 Å². The average molecular weight is 262 g/mol. The van der Waals surface area contributed by atoms with Gasteiger partial charge in [0.25, 0.3) is 0 Å². The summed E-state index contributed by atoms with van der Waals surface area (Å²) in [5.74, 6) is 0.105. The zero-order chi connectivity index (χ0) is 13.5. The normalized spacial score (nSPS) is 19.1. The monoisotopic (exact) mass is 262 g/mol. The molecule has 1 aliphatic heterocycles. The van der Waals surface area contributed by atoms with Crippen LogP contribution in [-0.2, 0) is 16.0 Å². The fourth-order valence-electron chi connectivity index (χ4n) is 2.20. The van der Waals surface area contributed by atoms with Gasteiger partial charge in [0.15, 0.2) is 0 Å². The van der Waals surface area contributed by atoms with Gasteiger partial charge in [0.2, 0.25) is 5.91 Å². The van der Waals surface area contributed by atoms with Gasteiger partial charge in [-0.1, -0.05) is 29.8 Å². The van der Waals surface area contributed by atoms with Crippen LogP contribution < -0.4 is 10.6 Å². The van der Waals surface area contributed by atoms with Crippen LogP contribution in [0.25, 0.3) is 0 Å². The Bertz CT molecular complexity index is 414. The van der Waals surface area contributed by atoms with Crippen molar-refractivity contribution in [3.8, 4) is 0 Å². The highest BCUT2D eigenvalue weighted by molar-refractivity contribution is 5.76. The Morgan fingerprint density at radius 2 is 2.42 bits per heavy atom. The summed E-state index contributed by atoms with van der Waals surface area (Å²) in [5.41, 5.74) is 2.45. The van der Waals surface area contributed by atoms with Crippen LogP contribution in [0.15, 0.2) is 24.3 Å². The van der Waals surface area contributed by atoms with Crippen LogP contribution in [0, 0.1) is 6.92 Å². The van der Waals surface area contributed by atoms with Crippen molar-refractivity contribution in [3.05, 3.63) is 35.4 Å². The lowest BCUT2D eigenvalue weighted by Crippen LogP contribution is -2.48. The lowest BCUT2D eigenvalue weighted by Gasteiger charge is -2.23. The van der Waals surface area contributed by atoms with Gasteiger partial charge >= 0.3 is 0 Å². The smallest absolute Gasteiger partial charge is 0.220 e. The first kappa shape index (κ1) is 14.0. The summed E-state index contributed by atoms with van der Waals surface area (Å²) in [5, 5.41) is 6.27. The molecule has 1 aromatic rings. The molecule has 1 heterocycles. The quantitative estimate of drug-likeness (QED) is 0.833. The Morgan fingerprint density at radius 1 is 1.53 bits per heavy atom. The SMILES string of the molecule is Cc1cccc(CCC(=O)NCC2COCCN2)c1. The molecule has 0 spiro atoms. The molecule has 0 aliphatic carbocycles. The molecule has 0 bridgehead atoms. The molecule has 0 saturated carbocycles. The van der Waals surface area contributed by atoms with Gasteiger partial charge < -0.3 is 15.4 Å². The second-order valence-corrected chi connectivity index (χ2v) is 5.02. The van der Waals surface area contributed by atoms with Gasteiger partial charge in [0, 0.05) is 25.6 Å². The van der Waals surface area contributed by atoms with Crippen molar-refractivity contribution in [2.75, 3.05) is 26.3 Å². The van der Waals surface area contributed by atoms with E-state index in [2.05, 4.69) is 35.8 Å². The van der Waals surface area contributed by atoms with Crippen LogP contribution >= 0.6 is 0 Å². The van der Waals surface area contributed by atoms with E-state index in [0.29, 0.717) is 19.6 Å². The summed E-state index contributed by atoms with van der Waals surface area (Å²) in [6.45, 7) is 5.02. The fraction of sp³-hybridized carbons (Fsp3) is 0.533. The number of hydrogen-bond acceptors (Lipinski definition) is 3. The third kappa shape index (κ3) is 5.01. The van der Waals surface area contributed by atoms with Crippen molar-refractivity contribution in [1.82, 2.24) is 10.6 Å². The predicted molar refractivity (Wildman–Crippen MR) is 75.1 cm³/mol. The molecule has 1 unspecified atom stereocenters. The fourth-order valence-corrected chi connectivity index (χ4v) is 2.20. The summed E-state index contributed by atoms with van der Waals surface area (Å²) in [4.78, 5) is 11.8. The number of morpholine rings is 1. The number of nitrogens with one attached hydrogen (secondary N) is 2. The van der Waals surface area contributed by atoms with E-state index in [1.807, 2.05) is 6.07 Å². The lowest BCUT2D eigenvalue weighted by molar-refractivity contribution is -0.121. The average Bonchev–Trinajstić information content (AvgIpc) is 2.44. The molecule has 1 aliphatic rings. The van der Waals surface area contributed by atoms with E-state index < -0.39 is 0 Å². The maximum Gasteiger partial charge on any atom is 0.220 e. The summed E-state index contributed by atoms with van der Waals surface area (Å²) >= 11 is 0. The van der Waals surface area contributed by atoms with Gasteiger partial charge in [0.1, 0.15) is 0 Å². The lowest BCUT2D eigenvalue weighted by atomic mass is 10.1. The van der Waals surface area contributed by atoms with E-state index in [1.54, 1.807) is 0 Å². The molecule has 104 valence electrons. The van der Waals surface area contributed by atoms with E-state index in [0.717, 1.165) is 19.6 Å². The van der Waals surface area contributed by atoms with Crippen LogP contribution in [0.2, 0.25) is 0 Å². The van der Waals surface area contributed by atoms with E-state index in [1.165, 1.54) is 11.1 Å². The minimum absolute atomic E-state index is 0.105. The van der Waals surface area contributed by atoms with Crippen molar-refractivity contribution < 1.29 is 9.53 Å². The van der Waals surface area contributed by atoms with Crippen molar-refractivity contribution in [1.29, 1.82) is 0 Å². The zero-order valence-electron chi connectivity index (χ0n) is 11.4. The number of ether oxygens (including phenoxy) is 1. The van der Waals surface area contributed by atoms with Gasteiger partial charge in [-0.3, -0.25) is 4.79 Å². The maximum atomic E-state index is 11.8. The molecule has 0 aromatic heterocycles. The van der Waals surface area contributed by atoms with Crippen molar-refractivity contribution >= 4 is 5.91 Å². The second-order valence-electron chi connectivity index (χ2n) is 5.02. The van der Waals surface area contributed by atoms with Crippen LogP contribution in [-0.4, -0.2) is 38.3 Å². The highest BCUT2D eigenvalue weighted by Crippen LogP contribution is 2.06. The highest BCUT2D eigenvalue weighted by atomic mass is 16.5.